The van der Waals surface area contributed by atoms with Gasteiger partial charge in [-0.15, -0.1) is 0 Å². The largest absolute Gasteiger partial charge is 0.444 e. The van der Waals surface area contributed by atoms with Crippen LogP contribution in [0, 0.1) is 5.92 Å². The molecule has 2 heterocycles. The average molecular weight is 538 g/mol. The summed E-state index contributed by atoms with van der Waals surface area (Å²) in [5.41, 5.74) is 2.01. The zero-order valence-corrected chi connectivity index (χ0v) is 23.8. The molecule has 1 saturated heterocycles. The SMILES string of the molecule is C=NC(=O)c1c(Cl)cccc1N1C(=O)C(C)(C(C)C)c2ccc(C3CCN(C(=O)OC(C)(C)C)CC3)cc21. The summed E-state index contributed by atoms with van der Waals surface area (Å²) in [7, 11) is 0. The number of halogens is 1. The van der Waals surface area contributed by atoms with Crippen molar-refractivity contribution in [3.8, 4) is 0 Å². The second-order valence-electron chi connectivity index (χ2n) is 11.6. The first-order valence-corrected chi connectivity index (χ1v) is 13.4. The second-order valence-corrected chi connectivity index (χ2v) is 12.0. The monoisotopic (exact) mass is 537 g/mol. The van der Waals surface area contributed by atoms with Gasteiger partial charge in [-0.2, -0.15) is 0 Å². The Balaban J connectivity index is 1.72. The normalized spacial score (nSPS) is 20.1. The third kappa shape index (κ3) is 4.84. The highest BCUT2D eigenvalue weighted by Crippen LogP contribution is 2.51. The third-order valence-electron chi connectivity index (χ3n) is 7.83. The number of fused-ring (bicyclic) bond motifs is 1. The van der Waals surface area contributed by atoms with E-state index in [9.17, 15) is 14.4 Å². The van der Waals surface area contributed by atoms with Crippen LogP contribution in [0.15, 0.2) is 41.4 Å². The molecule has 0 aromatic heterocycles. The lowest BCUT2D eigenvalue weighted by molar-refractivity contribution is -0.123. The molecule has 1 fully saturated rings. The van der Waals surface area contributed by atoms with Gasteiger partial charge in [-0.1, -0.05) is 43.6 Å². The summed E-state index contributed by atoms with van der Waals surface area (Å²) >= 11 is 6.43. The maximum Gasteiger partial charge on any atom is 0.410 e. The Bertz CT molecular complexity index is 1290. The van der Waals surface area contributed by atoms with E-state index in [-0.39, 0.29) is 34.4 Å². The summed E-state index contributed by atoms with van der Waals surface area (Å²) in [6, 6.07) is 11.3. The fourth-order valence-corrected chi connectivity index (χ4v) is 5.64. The molecule has 1 unspecified atom stereocenters. The molecule has 202 valence electrons. The van der Waals surface area contributed by atoms with Crippen molar-refractivity contribution in [2.24, 2.45) is 10.9 Å². The summed E-state index contributed by atoms with van der Waals surface area (Å²) in [6.45, 7) is 16.2. The van der Waals surface area contributed by atoms with E-state index >= 15 is 0 Å². The zero-order valence-electron chi connectivity index (χ0n) is 23.0. The number of hydrogen-bond acceptors (Lipinski definition) is 4. The van der Waals surface area contributed by atoms with Crippen molar-refractivity contribution in [2.45, 2.75) is 71.3 Å². The molecule has 0 radical (unpaired) electrons. The Hall–Kier alpha value is -3.19. The van der Waals surface area contributed by atoms with Crippen LogP contribution in [0.4, 0.5) is 16.2 Å². The molecule has 0 N–H and O–H groups in total. The molecule has 3 amide bonds. The van der Waals surface area contributed by atoms with E-state index in [1.807, 2.05) is 47.6 Å². The molecule has 38 heavy (non-hydrogen) atoms. The molecule has 2 aliphatic rings. The summed E-state index contributed by atoms with van der Waals surface area (Å²) in [5, 5.41) is 0.220. The van der Waals surface area contributed by atoms with Crippen molar-refractivity contribution in [1.82, 2.24) is 4.90 Å². The van der Waals surface area contributed by atoms with Gasteiger partial charge in [-0.05, 0) is 88.4 Å². The molecule has 4 rings (SSSR count). The van der Waals surface area contributed by atoms with E-state index in [1.54, 1.807) is 28.0 Å². The fraction of sp³-hybridized carbons (Fsp3) is 0.467. The Morgan fingerprint density at radius 3 is 2.37 bits per heavy atom. The van der Waals surface area contributed by atoms with Crippen LogP contribution in [0.3, 0.4) is 0 Å². The van der Waals surface area contributed by atoms with Crippen molar-refractivity contribution in [3.63, 3.8) is 0 Å². The van der Waals surface area contributed by atoms with Crippen molar-refractivity contribution in [3.05, 3.63) is 58.1 Å². The number of carbonyl (C=O) groups excluding carboxylic acids is 3. The smallest absolute Gasteiger partial charge is 0.410 e. The van der Waals surface area contributed by atoms with Gasteiger partial charge in [0.25, 0.3) is 5.91 Å². The minimum Gasteiger partial charge on any atom is -0.444 e. The lowest BCUT2D eigenvalue weighted by Gasteiger charge is -2.34. The molecule has 8 heteroatoms. The van der Waals surface area contributed by atoms with Gasteiger partial charge in [0.1, 0.15) is 5.60 Å². The fourth-order valence-electron chi connectivity index (χ4n) is 5.39. The Morgan fingerprint density at radius 2 is 1.79 bits per heavy atom. The summed E-state index contributed by atoms with van der Waals surface area (Å²) in [4.78, 5) is 46.3. The first kappa shape index (κ1) is 27.8. The Morgan fingerprint density at radius 1 is 1.13 bits per heavy atom. The molecule has 2 aromatic carbocycles. The van der Waals surface area contributed by atoms with E-state index < -0.39 is 16.9 Å². The average Bonchev–Trinajstić information content (AvgIpc) is 3.09. The van der Waals surface area contributed by atoms with Crippen LogP contribution in [0.1, 0.15) is 81.8 Å². The van der Waals surface area contributed by atoms with Gasteiger partial charge in [0.2, 0.25) is 5.91 Å². The lowest BCUT2D eigenvalue weighted by Crippen LogP contribution is -2.41. The lowest BCUT2D eigenvalue weighted by atomic mass is 9.74. The van der Waals surface area contributed by atoms with Crippen LogP contribution in [-0.2, 0) is 14.9 Å². The molecular weight excluding hydrogens is 502 g/mol. The van der Waals surface area contributed by atoms with Gasteiger partial charge in [0.15, 0.2) is 0 Å². The van der Waals surface area contributed by atoms with E-state index in [2.05, 4.69) is 23.8 Å². The minimum absolute atomic E-state index is 0.0116. The van der Waals surface area contributed by atoms with Gasteiger partial charge in [0.05, 0.1) is 27.4 Å². The number of piperidine rings is 1. The highest BCUT2D eigenvalue weighted by atomic mass is 35.5. The molecule has 2 aromatic rings. The van der Waals surface area contributed by atoms with Crippen molar-refractivity contribution in [2.75, 3.05) is 18.0 Å². The number of ether oxygens (including phenoxy) is 1. The predicted octanol–water partition coefficient (Wildman–Crippen LogP) is 6.89. The number of amides is 3. The van der Waals surface area contributed by atoms with E-state index in [1.165, 1.54) is 0 Å². The summed E-state index contributed by atoms with van der Waals surface area (Å²) < 4.78 is 5.54. The standard InChI is InChI=1S/C30H36ClN3O4/c1-18(2)30(6)21-12-11-20(19-13-15-33(16-14-19)28(37)38-29(3,4)5)17-24(21)34(27(30)36)23-10-8-9-22(31)25(23)26(35)32-7/h8-12,17-19H,7,13-16H2,1-6H3. The van der Waals surface area contributed by atoms with E-state index in [4.69, 9.17) is 16.3 Å². The molecular formula is C30H36ClN3O4. The molecule has 2 aliphatic heterocycles. The van der Waals surface area contributed by atoms with Gasteiger partial charge < -0.3 is 9.64 Å². The maximum absolute atomic E-state index is 14.1. The van der Waals surface area contributed by atoms with Crippen LogP contribution in [0.2, 0.25) is 5.02 Å². The predicted molar refractivity (Wildman–Crippen MR) is 151 cm³/mol. The van der Waals surface area contributed by atoms with E-state index in [0.717, 1.165) is 29.7 Å². The van der Waals surface area contributed by atoms with Gasteiger partial charge >= 0.3 is 6.09 Å². The van der Waals surface area contributed by atoms with Gasteiger partial charge in [0, 0.05) is 13.1 Å². The van der Waals surface area contributed by atoms with Crippen molar-refractivity contribution < 1.29 is 19.1 Å². The molecule has 0 bridgehead atoms. The summed E-state index contributed by atoms with van der Waals surface area (Å²) in [6.07, 6.45) is 1.28. The van der Waals surface area contributed by atoms with Crippen LogP contribution in [0.5, 0.6) is 0 Å². The first-order valence-electron chi connectivity index (χ1n) is 13.1. The van der Waals surface area contributed by atoms with Crippen molar-refractivity contribution in [1.29, 1.82) is 0 Å². The number of benzene rings is 2. The summed E-state index contributed by atoms with van der Waals surface area (Å²) in [5.74, 6) is -0.460. The number of nitrogens with zero attached hydrogens (tertiary/aromatic N) is 3. The van der Waals surface area contributed by atoms with E-state index in [0.29, 0.717) is 18.8 Å². The first-order chi connectivity index (χ1) is 17.8. The maximum atomic E-state index is 14.1. The Labute approximate surface area is 229 Å². The topological polar surface area (TPSA) is 79.3 Å². The van der Waals surface area contributed by atoms with Crippen molar-refractivity contribution >= 4 is 47.6 Å². The number of hydrogen-bond donors (Lipinski definition) is 0. The highest BCUT2D eigenvalue weighted by Gasteiger charge is 2.50. The Kier molecular flexibility index (Phi) is 7.45. The number of anilines is 2. The minimum atomic E-state index is -0.780. The van der Waals surface area contributed by atoms with Gasteiger partial charge in [-0.3, -0.25) is 14.5 Å². The number of carbonyl (C=O) groups is 3. The molecule has 1 atom stereocenters. The number of aliphatic imine (C=N–C) groups is 1. The number of rotatable bonds is 4. The molecule has 0 aliphatic carbocycles. The van der Waals surface area contributed by atoms with Crippen LogP contribution in [0.25, 0.3) is 0 Å². The van der Waals surface area contributed by atoms with Crippen LogP contribution >= 0.6 is 11.6 Å². The third-order valence-corrected chi connectivity index (χ3v) is 8.15. The van der Waals surface area contributed by atoms with Gasteiger partial charge in [-0.25, -0.2) is 9.79 Å². The quantitative estimate of drug-likeness (QED) is 0.398. The van der Waals surface area contributed by atoms with Crippen LogP contribution < -0.4 is 4.90 Å². The second kappa shape index (κ2) is 10.2. The molecule has 0 spiro atoms. The van der Waals surface area contributed by atoms with Crippen LogP contribution in [-0.4, -0.2) is 48.2 Å². The number of likely N-dealkylation sites (tertiary alicyclic amines) is 1. The molecule has 7 nitrogen and oxygen atoms in total. The zero-order chi connectivity index (χ0) is 28.0. The highest BCUT2D eigenvalue weighted by molar-refractivity contribution is 6.35. The molecule has 0 saturated carbocycles.